The Labute approximate surface area is 233 Å². The van der Waals surface area contributed by atoms with Gasteiger partial charge in [-0.2, -0.15) is 0 Å². The average molecular weight is 549 g/mol. The van der Waals surface area contributed by atoms with E-state index in [1.165, 1.54) is 5.56 Å². The summed E-state index contributed by atoms with van der Waals surface area (Å²) in [6.07, 6.45) is 0. The summed E-state index contributed by atoms with van der Waals surface area (Å²) in [4.78, 5) is 13.1. The summed E-state index contributed by atoms with van der Waals surface area (Å²) >= 11 is 7.95. The molecule has 1 unspecified atom stereocenters. The van der Waals surface area contributed by atoms with Crippen LogP contribution in [0.25, 0.3) is 5.69 Å². The number of hydrogen-bond acceptors (Lipinski definition) is 5. The normalized spacial score (nSPS) is 12.3. The van der Waals surface area contributed by atoms with Crippen LogP contribution in [0.15, 0.2) is 71.9 Å². The van der Waals surface area contributed by atoms with Crippen molar-refractivity contribution in [3.05, 3.63) is 99.8 Å². The summed E-state index contributed by atoms with van der Waals surface area (Å²) in [6.45, 7) is 10.4. The fraction of sp³-hybridized carbons (Fsp3) is 0.300. The molecule has 198 valence electrons. The van der Waals surface area contributed by atoms with Crippen molar-refractivity contribution in [2.24, 2.45) is 0 Å². The van der Waals surface area contributed by atoms with E-state index in [-0.39, 0.29) is 11.3 Å². The van der Waals surface area contributed by atoms with Crippen molar-refractivity contribution in [1.29, 1.82) is 0 Å². The number of hydrogen-bond donors (Lipinski definition) is 1. The predicted octanol–water partition coefficient (Wildman–Crippen LogP) is 7.32. The van der Waals surface area contributed by atoms with E-state index in [2.05, 4.69) is 42.4 Å². The Bertz CT molecular complexity index is 1430. The monoisotopic (exact) mass is 548 g/mol. The maximum atomic E-state index is 13.1. The Hall–Kier alpha value is -3.29. The highest BCUT2D eigenvalue weighted by Crippen LogP contribution is 2.31. The quantitative estimate of drug-likeness (QED) is 0.234. The van der Waals surface area contributed by atoms with Gasteiger partial charge in [-0.25, -0.2) is 0 Å². The van der Waals surface area contributed by atoms with Crippen molar-refractivity contribution >= 4 is 29.3 Å². The number of thioether (sulfide) groups is 1. The average Bonchev–Trinajstić information content (AvgIpc) is 3.32. The number of rotatable bonds is 8. The van der Waals surface area contributed by atoms with E-state index in [1.807, 2.05) is 79.1 Å². The smallest absolute Gasteiger partial charge is 0.251 e. The molecular formula is C30H33ClN4O2S. The topological polar surface area (TPSA) is 69.0 Å². The Balaban J connectivity index is 1.63. The van der Waals surface area contributed by atoms with Crippen LogP contribution in [-0.4, -0.2) is 27.8 Å². The molecular weight excluding hydrogens is 516 g/mol. The van der Waals surface area contributed by atoms with Gasteiger partial charge in [0.05, 0.1) is 18.8 Å². The molecule has 0 aliphatic carbocycles. The zero-order valence-electron chi connectivity index (χ0n) is 22.6. The Morgan fingerprint density at radius 2 is 1.82 bits per heavy atom. The van der Waals surface area contributed by atoms with Crippen molar-refractivity contribution in [1.82, 2.24) is 20.1 Å². The zero-order chi connectivity index (χ0) is 27.4. The first kappa shape index (κ1) is 27.7. The van der Waals surface area contributed by atoms with Crippen molar-refractivity contribution in [3.63, 3.8) is 0 Å². The predicted molar refractivity (Wildman–Crippen MR) is 155 cm³/mol. The van der Waals surface area contributed by atoms with Gasteiger partial charge < -0.3 is 10.1 Å². The summed E-state index contributed by atoms with van der Waals surface area (Å²) in [7, 11) is 1.66. The fourth-order valence-corrected chi connectivity index (χ4v) is 5.14. The van der Waals surface area contributed by atoms with Crippen LogP contribution in [0.2, 0.25) is 5.02 Å². The lowest BCUT2D eigenvalue weighted by molar-refractivity contribution is 0.0938. The number of ether oxygens (including phenoxy) is 1. The molecule has 3 aromatic carbocycles. The number of nitrogens with zero attached hydrogens (tertiary/aromatic N) is 3. The molecule has 0 fully saturated rings. The maximum absolute atomic E-state index is 13.1. The summed E-state index contributed by atoms with van der Waals surface area (Å²) in [5.74, 6) is 1.95. The summed E-state index contributed by atoms with van der Waals surface area (Å²) in [5, 5.41) is 13.4. The molecule has 8 heteroatoms. The molecule has 1 aromatic heterocycles. The van der Waals surface area contributed by atoms with Gasteiger partial charge in [0.1, 0.15) is 5.75 Å². The molecule has 0 bridgehead atoms. The molecule has 0 aliphatic heterocycles. The van der Waals surface area contributed by atoms with Crippen LogP contribution in [0.5, 0.6) is 5.75 Å². The van der Waals surface area contributed by atoms with Crippen LogP contribution in [0.4, 0.5) is 0 Å². The number of aryl methyl sites for hydroxylation is 1. The standard InChI is InChI=1S/C30H33ClN4O2S/c1-19-10-15-24(31)17-26(19)35-27(33-34-29(35)38-18-21-8-7-9-25(16-21)37-6)20(2)32-28(36)22-11-13-23(14-12-22)30(3,4)5/h7-17,20H,18H2,1-6H3,(H,32,36). The Kier molecular flexibility index (Phi) is 8.48. The molecule has 4 rings (SSSR count). The van der Waals surface area contributed by atoms with Gasteiger partial charge in [0, 0.05) is 16.3 Å². The molecule has 1 heterocycles. The number of amides is 1. The third kappa shape index (κ3) is 6.40. The van der Waals surface area contributed by atoms with Crippen LogP contribution >= 0.6 is 23.4 Å². The lowest BCUT2D eigenvalue weighted by Crippen LogP contribution is -2.29. The molecule has 1 amide bonds. The second-order valence-corrected chi connectivity index (χ2v) is 11.6. The summed E-state index contributed by atoms with van der Waals surface area (Å²) < 4.78 is 7.35. The highest BCUT2D eigenvalue weighted by Gasteiger charge is 2.23. The maximum Gasteiger partial charge on any atom is 0.251 e. The van der Waals surface area contributed by atoms with Gasteiger partial charge in [0.2, 0.25) is 0 Å². The van der Waals surface area contributed by atoms with Crippen molar-refractivity contribution in [2.45, 2.75) is 57.0 Å². The molecule has 0 saturated heterocycles. The number of benzene rings is 3. The SMILES string of the molecule is COc1cccc(CSc2nnc(C(C)NC(=O)c3ccc(C(C)(C)C)cc3)n2-c2cc(Cl)ccc2C)c1. The minimum Gasteiger partial charge on any atom is -0.497 e. The lowest BCUT2D eigenvalue weighted by Gasteiger charge is -2.20. The van der Waals surface area contributed by atoms with Crippen molar-refractivity contribution in [3.8, 4) is 11.4 Å². The van der Waals surface area contributed by atoms with Gasteiger partial charge >= 0.3 is 0 Å². The molecule has 1 N–H and O–H groups in total. The number of methoxy groups -OCH3 is 1. The highest BCUT2D eigenvalue weighted by atomic mass is 35.5. The minimum absolute atomic E-state index is 0.0203. The molecule has 1 atom stereocenters. The van der Waals surface area contributed by atoms with Crippen LogP contribution < -0.4 is 10.1 Å². The van der Waals surface area contributed by atoms with E-state index in [0.717, 1.165) is 22.6 Å². The first-order valence-electron chi connectivity index (χ1n) is 12.5. The molecule has 6 nitrogen and oxygen atoms in total. The fourth-order valence-electron chi connectivity index (χ4n) is 4.08. The first-order valence-corrected chi connectivity index (χ1v) is 13.8. The Morgan fingerprint density at radius 1 is 1.08 bits per heavy atom. The van der Waals surface area contributed by atoms with Crippen LogP contribution in [0.1, 0.15) is 66.6 Å². The second kappa shape index (κ2) is 11.6. The zero-order valence-corrected chi connectivity index (χ0v) is 24.2. The minimum atomic E-state index is -0.401. The number of carbonyl (C=O) groups is 1. The van der Waals surface area contributed by atoms with Gasteiger partial charge in [0.25, 0.3) is 5.91 Å². The number of aromatic nitrogens is 3. The Morgan fingerprint density at radius 3 is 2.50 bits per heavy atom. The van der Waals surface area contributed by atoms with E-state index >= 15 is 0 Å². The van der Waals surface area contributed by atoms with E-state index in [4.69, 9.17) is 16.3 Å². The van der Waals surface area contributed by atoms with Crippen LogP contribution in [-0.2, 0) is 11.2 Å². The lowest BCUT2D eigenvalue weighted by atomic mass is 9.86. The van der Waals surface area contributed by atoms with Crippen LogP contribution in [0.3, 0.4) is 0 Å². The van der Waals surface area contributed by atoms with E-state index < -0.39 is 6.04 Å². The van der Waals surface area contributed by atoms with Gasteiger partial charge in [-0.05, 0) is 72.4 Å². The largest absolute Gasteiger partial charge is 0.497 e. The number of carbonyl (C=O) groups excluding carboxylic acids is 1. The van der Waals surface area contributed by atoms with E-state index in [9.17, 15) is 4.79 Å². The van der Waals surface area contributed by atoms with Gasteiger partial charge in [0.15, 0.2) is 11.0 Å². The van der Waals surface area contributed by atoms with Gasteiger partial charge in [-0.3, -0.25) is 9.36 Å². The number of nitrogens with one attached hydrogen (secondary N) is 1. The third-order valence-corrected chi connectivity index (χ3v) is 7.56. The summed E-state index contributed by atoms with van der Waals surface area (Å²) in [5.41, 5.74) is 4.80. The second-order valence-electron chi connectivity index (χ2n) is 10.3. The van der Waals surface area contributed by atoms with Gasteiger partial charge in [-0.1, -0.05) is 74.5 Å². The van der Waals surface area contributed by atoms with Crippen LogP contribution in [0, 0.1) is 6.92 Å². The molecule has 4 aromatic rings. The van der Waals surface area contributed by atoms with Crippen molar-refractivity contribution < 1.29 is 9.53 Å². The van der Waals surface area contributed by atoms with Crippen molar-refractivity contribution in [2.75, 3.05) is 7.11 Å². The molecule has 0 radical (unpaired) electrons. The van der Waals surface area contributed by atoms with E-state index in [1.54, 1.807) is 18.9 Å². The molecule has 0 aliphatic rings. The molecule has 0 spiro atoms. The number of halogens is 1. The molecule has 38 heavy (non-hydrogen) atoms. The third-order valence-electron chi connectivity index (χ3n) is 6.32. The summed E-state index contributed by atoms with van der Waals surface area (Å²) in [6, 6.07) is 21.0. The molecule has 0 saturated carbocycles. The van der Waals surface area contributed by atoms with E-state index in [0.29, 0.717) is 27.3 Å². The first-order chi connectivity index (χ1) is 18.1. The highest BCUT2D eigenvalue weighted by molar-refractivity contribution is 7.98. The van der Waals surface area contributed by atoms with Gasteiger partial charge in [-0.15, -0.1) is 10.2 Å².